The number of hydrogen-bond acceptors (Lipinski definition) is 7. The Hall–Kier alpha value is -4.54. The first-order valence-corrected chi connectivity index (χ1v) is 16.9. The van der Waals surface area contributed by atoms with Crippen LogP contribution >= 0.6 is 0 Å². The molecule has 3 N–H and O–H groups in total. The third kappa shape index (κ3) is 9.55. The highest BCUT2D eigenvalue weighted by molar-refractivity contribution is 5.80. The first-order valence-electron chi connectivity index (χ1n) is 16.9. The van der Waals surface area contributed by atoms with Crippen LogP contribution in [0.25, 0.3) is 11.1 Å². The van der Waals surface area contributed by atoms with Crippen LogP contribution in [-0.2, 0) is 32.2 Å². The molecule has 4 aromatic rings. The van der Waals surface area contributed by atoms with Crippen LogP contribution in [0.1, 0.15) is 67.0 Å². The minimum absolute atomic E-state index is 0.00930. The smallest absolute Gasteiger partial charge is 0.325 e. The van der Waals surface area contributed by atoms with E-state index in [1.54, 1.807) is 6.92 Å². The molecule has 1 saturated heterocycles. The lowest BCUT2D eigenvalue weighted by atomic mass is 9.89. The SMILES string of the molecule is CCOC(=O)CNC(=O)NCc1cccc(-c2cccc([C@H]3O[C@@H](CN(C)[C@@H](C)c4ccccc4)[C@@H](C)[C@@H](c4ccc(CO)cc4)O3)c2)c1. The number of likely N-dealkylation sites (N-methyl/N-ethyl adjacent to an activating group) is 1. The van der Waals surface area contributed by atoms with Crippen LogP contribution in [-0.4, -0.2) is 54.9 Å². The zero-order valence-electron chi connectivity index (χ0n) is 28.7. The third-order valence-corrected chi connectivity index (χ3v) is 9.11. The van der Waals surface area contributed by atoms with E-state index < -0.39 is 18.3 Å². The zero-order chi connectivity index (χ0) is 34.8. The summed E-state index contributed by atoms with van der Waals surface area (Å²) >= 11 is 0. The second-order valence-corrected chi connectivity index (χ2v) is 12.5. The van der Waals surface area contributed by atoms with Gasteiger partial charge in [0.15, 0.2) is 6.29 Å². The fraction of sp³-hybridized carbons (Fsp3) is 0.350. The predicted molar refractivity (Wildman–Crippen MR) is 189 cm³/mol. The lowest BCUT2D eigenvalue weighted by Crippen LogP contribution is -2.44. The number of aliphatic hydroxyl groups is 1. The van der Waals surface area contributed by atoms with Crippen LogP contribution in [0.3, 0.4) is 0 Å². The van der Waals surface area contributed by atoms with Gasteiger partial charge in [-0.05, 0) is 66.4 Å². The number of aliphatic hydroxyl groups excluding tert-OH is 1. The maximum Gasteiger partial charge on any atom is 0.325 e. The highest BCUT2D eigenvalue weighted by Gasteiger charge is 2.39. The van der Waals surface area contributed by atoms with Gasteiger partial charge in [-0.2, -0.15) is 0 Å². The Bertz CT molecular complexity index is 1660. The number of ether oxygens (including phenoxy) is 3. The van der Waals surface area contributed by atoms with Crippen molar-refractivity contribution < 1.29 is 28.9 Å². The maximum atomic E-state index is 12.2. The van der Waals surface area contributed by atoms with Gasteiger partial charge in [-0.1, -0.05) is 97.9 Å². The highest BCUT2D eigenvalue weighted by Crippen LogP contribution is 2.42. The predicted octanol–water partition coefficient (Wildman–Crippen LogP) is 6.69. The van der Waals surface area contributed by atoms with Crippen LogP contribution in [0, 0.1) is 5.92 Å². The topological polar surface area (TPSA) is 109 Å². The van der Waals surface area contributed by atoms with Crippen molar-refractivity contribution in [1.29, 1.82) is 0 Å². The number of rotatable bonds is 13. The summed E-state index contributed by atoms with van der Waals surface area (Å²) in [5.74, 6) is -0.422. The van der Waals surface area contributed by atoms with Crippen LogP contribution in [0.2, 0.25) is 0 Å². The van der Waals surface area contributed by atoms with Gasteiger partial charge in [-0.3, -0.25) is 9.69 Å². The summed E-state index contributed by atoms with van der Waals surface area (Å²) < 4.78 is 18.4. The van der Waals surface area contributed by atoms with Crippen molar-refractivity contribution in [3.8, 4) is 11.1 Å². The molecule has 2 amide bonds. The van der Waals surface area contributed by atoms with Crippen molar-refractivity contribution >= 4 is 12.0 Å². The van der Waals surface area contributed by atoms with Crippen molar-refractivity contribution in [3.05, 3.63) is 131 Å². The molecule has 5 atom stereocenters. The van der Waals surface area contributed by atoms with Crippen molar-refractivity contribution in [2.24, 2.45) is 5.92 Å². The van der Waals surface area contributed by atoms with Gasteiger partial charge >= 0.3 is 12.0 Å². The minimum Gasteiger partial charge on any atom is -0.465 e. The summed E-state index contributed by atoms with van der Waals surface area (Å²) in [5.41, 5.74) is 6.95. The highest BCUT2D eigenvalue weighted by atomic mass is 16.7. The molecule has 9 heteroatoms. The molecule has 9 nitrogen and oxygen atoms in total. The van der Waals surface area contributed by atoms with E-state index in [-0.39, 0.29) is 43.9 Å². The Labute approximate surface area is 289 Å². The molecule has 0 aliphatic carbocycles. The molecule has 258 valence electrons. The summed E-state index contributed by atoms with van der Waals surface area (Å²) in [7, 11) is 2.13. The molecule has 0 bridgehead atoms. The molecule has 0 unspecified atom stereocenters. The van der Waals surface area contributed by atoms with Gasteiger partial charge in [0.05, 0.1) is 25.4 Å². The molecule has 49 heavy (non-hydrogen) atoms. The average Bonchev–Trinajstić information content (AvgIpc) is 3.14. The zero-order valence-corrected chi connectivity index (χ0v) is 28.7. The Kier molecular flexibility index (Phi) is 12.6. The largest absolute Gasteiger partial charge is 0.465 e. The van der Waals surface area contributed by atoms with Crippen molar-refractivity contribution in [1.82, 2.24) is 15.5 Å². The fourth-order valence-electron chi connectivity index (χ4n) is 6.09. The van der Waals surface area contributed by atoms with E-state index in [0.717, 1.165) is 33.4 Å². The van der Waals surface area contributed by atoms with Gasteiger partial charge in [-0.15, -0.1) is 0 Å². The molecule has 1 heterocycles. The average molecular weight is 666 g/mol. The van der Waals surface area contributed by atoms with Crippen LogP contribution in [0.15, 0.2) is 103 Å². The monoisotopic (exact) mass is 665 g/mol. The van der Waals surface area contributed by atoms with Gasteiger partial charge in [0, 0.05) is 30.6 Å². The number of hydrogen-bond donors (Lipinski definition) is 3. The first-order chi connectivity index (χ1) is 23.7. The van der Waals surface area contributed by atoms with Crippen LogP contribution in [0.5, 0.6) is 0 Å². The van der Waals surface area contributed by atoms with Gasteiger partial charge in [0.2, 0.25) is 0 Å². The molecular weight excluding hydrogens is 618 g/mol. The number of carbonyl (C=O) groups excluding carboxylic acids is 2. The van der Waals surface area contributed by atoms with Crippen molar-refractivity contribution in [2.75, 3.05) is 26.7 Å². The second-order valence-electron chi connectivity index (χ2n) is 12.5. The van der Waals surface area contributed by atoms with Crippen molar-refractivity contribution in [2.45, 2.75) is 58.5 Å². The Morgan fingerprint density at radius 3 is 2.29 bits per heavy atom. The Balaban J connectivity index is 1.34. The molecule has 5 rings (SSSR count). The van der Waals surface area contributed by atoms with Crippen molar-refractivity contribution in [3.63, 3.8) is 0 Å². The summed E-state index contributed by atoms with van der Waals surface area (Å²) in [6, 6.07) is 34.3. The lowest BCUT2D eigenvalue weighted by Gasteiger charge is -2.43. The molecule has 1 aliphatic heterocycles. The molecule has 0 spiro atoms. The van der Waals surface area contributed by atoms with E-state index in [9.17, 15) is 14.7 Å². The number of esters is 1. The molecule has 0 saturated carbocycles. The van der Waals surface area contributed by atoms with E-state index in [4.69, 9.17) is 14.2 Å². The van der Waals surface area contributed by atoms with E-state index in [1.807, 2.05) is 72.8 Å². The normalized spacial score (nSPS) is 19.6. The van der Waals surface area contributed by atoms with E-state index in [2.05, 4.69) is 66.8 Å². The summed E-state index contributed by atoms with van der Waals surface area (Å²) in [6.45, 7) is 7.19. The molecule has 1 aliphatic rings. The molecular formula is C40H47N3O6. The molecule has 0 aromatic heterocycles. The number of amides is 2. The number of nitrogens with zero attached hydrogens (tertiary/aromatic N) is 1. The quantitative estimate of drug-likeness (QED) is 0.137. The lowest BCUT2D eigenvalue weighted by molar-refractivity contribution is -0.276. The first kappa shape index (κ1) is 35.8. The number of urea groups is 1. The van der Waals surface area contributed by atoms with E-state index in [1.165, 1.54) is 5.56 Å². The van der Waals surface area contributed by atoms with Gasteiger partial charge in [-0.25, -0.2) is 4.79 Å². The molecule has 4 aromatic carbocycles. The van der Waals surface area contributed by atoms with Gasteiger partial charge in [0.1, 0.15) is 6.54 Å². The minimum atomic E-state index is -0.600. The summed E-state index contributed by atoms with van der Waals surface area (Å²) in [4.78, 5) is 26.1. The second kappa shape index (κ2) is 17.2. The van der Waals surface area contributed by atoms with E-state index >= 15 is 0 Å². The standard InChI is InChI=1S/C40H47N3O6/c1-5-47-37(45)24-42-40(46)41-23-30-11-9-14-33(21-30)34-15-10-16-35(22-34)39-48-36(25-43(4)28(3)31-12-7-6-8-13-31)27(2)38(49-39)32-19-17-29(26-44)18-20-32/h6-22,27-28,36,38-39,44H,5,23-26H2,1-4H3,(H2,41,42,46)/t27-,28+,36+,38+,39+/m1/s1. The summed E-state index contributed by atoms with van der Waals surface area (Å²) in [5, 5.41) is 14.9. The fourth-order valence-corrected chi connectivity index (χ4v) is 6.09. The Morgan fingerprint density at radius 2 is 1.57 bits per heavy atom. The number of carbonyl (C=O) groups is 2. The van der Waals surface area contributed by atoms with Gasteiger partial charge in [0.25, 0.3) is 0 Å². The molecule has 0 radical (unpaired) electrons. The third-order valence-electron chi connectivity index (χ3n) is 9.11. The molecule has 1 fully saturated rings. The number of nitrogens with one attached hydrogen (secondary N) is 2. The van der Waals surface area contributed by atoms with Crippen LogP contribution in [0.4, 0.5) is 4.79 Å². The number of benzene rings is 4. The Morgan fingerprint density at radius 1 is 0.857 bits per heavy atom. The van der Waals surface area contributed by atoms with Gasteiger partial charge < -0.3 is 30.0 Å². The maximum absolute atomic E-state index is 12.2. The van der Waals surface area contributed by atoms with Crippen LogP contribution < -0.4 is 10.6 Å². The van der Waals surface area contributed by atoms with E-state index in [0.29, 0.717) is 13.1 Å². The summed E-state index contributed by atoms with van der Waals surface area (Å²) in [6.07, 6.45) is -0.938.